The highest BCUT2D eigenvalue weighted by Crippen LogP contribution is 2.31. The summed E-state index contributed by atoms with van der Waals surface area (Å²) in [7, 11) is 3.28. The number of ether oxygens (including phenoxy) is 1. The number of fused-ring (bicyclic) bond motifs is 2. The molecule has 1 aromatic heterocycles. The predicted molar refractivity (Wildman–Crippen MR) is 105 cm³/mol. The van der Waals surface area contributed by atoms with Gasteiger partial charge in [0.2, 0.25) is 0 Å². The number of hydrogen-bond acceptors (Lipinski definition) is 5. The summed E-state index contributed by atoms with van der Waals surface area (Å²) < 4.78 is 8.80. The molecule has 2 aromatic rings. The summed E-state index contributed by atoms with van der Waals surface area (Å²) >= 11 is 0. The van der Waals surface area contributed by atoms with E-state index in [-0.39, 0.29) is 23.1 Å². The Balaban J connectivity index is 1.98. The molecule has 0 saturated heterocycles. The first kappa shape index (κ1) is 18.0. The van der Waals surface area contributed by atoms with Crippen LogP contribution in [0.5, 0.6) is 0 Å². The number of nitrogens with zero attached hydrogens (tertiary/aromatic N) is 4. The van der Waals surface area contributed by atoms with E-state index in [1.807, 2.05) is 40.4 Å². The SMILES string of the molecule is COC(=O)c1cn([C@H](c2nc3ccccc3n2C)C(C)C)cc2c(=O)[nH]nc1-2. The second kappa shape index (κ2) is 6.63. The highest BCUT2D eigenvalue weighted by molar-refractivity contribution is 5.96. The molecule has 0 fully saturated rings. The zero-order chi connectivity index (χ0) is 20.0. The number of benzene rings is 1. The summed E-state index contributed by atoms with van der Waals surface area (Å²) in [4.78, 5) is 29.4. The van der Waals surface area contributed by atoms with Crippen LogP contribution < -0.4 is 5.56 Å². The molecule has 2 aliphatic rings. The van der Waals surface area contributed by atoms with Gasteiger partial charge < -0.3 is 13.9 Å². The molecule has 1 aromatic carbocycles. The van der Waals surface area contributed by atoms with Crippen LogP contribution in [0.1, 0.15) is 36.1 Å². The van der Waals surface area contributed by atoms with Crippen molar-refractivity contribution in [3.63, 3.8) is 0 Å². The van der Waals surface area contributed by atoms with Gasteiger partial charge in [-0.1, -0.05) is 26.0 Å². The molecular formula is C20H21N5O3. The van der Waals surface area contributed by atoms with Crippen molar-refractivity contribution in [3.8, 4) is 11.3 Å². The molecule has 0 saturated carbocycles. The topological polar surface area (TPSA) is 94.8 Å². The summed E-state index contributed by atoms with van der Waals surface area (Å²) in [5, 5.41) is 6.40. The van der Waals surface area contributed by atoms with E-state index in [9.17, 15) is 9.59 Å². The van der Waals surface area contributed by atoms with Gasteiger partial charge in [0.05, 0.1) is 29.7 Å². The molecule has 8 nitrogen and oxygen atoms in total. The van der Waals surface area contributed by atoms with Crippen LogP contribution in [0.2, 0.25) is 0 Å². The van der Waals surface area contributed by atoms with Gasteiger partial charge in [0.25, 0.3) is 5.56 Å². The quantitative estimate of drug-likeness (QED) is 0.550. The number of hydrogen-bond donors (Lipinski definition) is 1. The van der Waals surface area contributed by atoms with Crippen molar-refractivity contribution in [2.75, 3.05) is 7.11 Å². The van der Waals surface area contributed by atoms with Gasteiger partial charge in [0, 0.05) is 19.4 Å². The number of esters is 1. The van der Waals surface area contributed by atoms with Gasteiger partial charge in [-0.25, -0.2) is 14.9 Å². The third-order valence-corrected chi connectivity index (χ3v) is 5.02. The highest BCUT2D eigenvalue weighted by atomic mass is 16.5. The monoisotopic (exact) mass is 379 g/mol. The zero-order valence-corrected chi connectivity index (χ0v) is 16.1. The molecule has 0 radical (unpaired) electrons. The second-order valence-corrected chi connectivity index (χ2v) is 7.13. The van der Waals surface area contributed by atoms with Crippen molar-refractivity contribution < 1.29 is 9.53 Å². The summed E-state index contributed by atoms with van der Waals surface area (Å²) in [5.41, 5.74) is 2.46. The third-order valence-electron chi connectivity index (χ3n) is 5.02. The molecule has 2 aliphatic heterocycles. The van der Waals surface area contributed by atoms with Crippen molar-refractivity contribution in [3.05, 3.63) is 58.4 Å². The van der Waals surface area contributed by atoms with E-state index in [4.69, 9.17) is 9.72 Å². The van der Waals surface area contributed by atoms with Crippen molar-refractivity contribution in [2.24, 2.45) is 13.0 Å². The number of aromatic amines is 1. The normalized spacial score (nSPS) is 12.8. The van der Waals surface area contributed by atoms with Crippen LogP contribution in [0.15, 0.2) is 41.5 Å². The van der Waals surface area contributed by atoms with E-state index in [0.29, 0.717) is 11.3 Å². The average Bonchev–Trinajstić information content (AvgIpc) is 3.22. The third kappa shape index (κ3) is 2.69. The van der Waals surface area contributed by atoms with Crippen molar-refractivity contribution in [1.29, 1.82) is 0 Å². The summed E-state index contributed by atoms with van der Waals surface area (Å²) in [6.07, 6.45) is 3.40. The van der Waals surface area contributed by atoms with Crippen molar-refractivity contribution in [2.45, 2.75) is 19.9 Å². The number of carbonyl (C=O) groups is 1. The largest absolute Gasteiger partial charge is 0.465 e. The first-order valence-corrected chi connectivity index (χ1v) is 9.02. The number of methoxy groups -OCH3 is 1. The Morgan fingerprint density at radius 1 is 1.21 bits per heavy atom. The number of para-hydroxylation sites is 2. The van der Waals surface area contributed by atoms with E-state index in [0.717, 1.165) is 16.9 Å². The second-order valence-electron chi connectivity index (χ2n) is 7.13. The minimum Gasteiger partial charge on any atom is -0.465 e. The Labute approximate surface area is 161 Å². The minimum absolute atomic E-state index is 0.144. The van der Waals surface area contributed by atoms with Crippen LogP contribution in [-0.2, 0) is 11.8 Å². The number of aryl methyl sites for hydroxylation is 1. The van der Waals surface area contributed by atoms with E-state index >= 15 is 0 Å². The van der Waals surface area contributed by atoms with Crippen LogP contribution in [-0.4, -0.2) is 37.4 Å². The van der Waals surface area contributed by atoms with Gasteiger partial charge in [-0.05, 0) is 18.1 Å². The molecular weight excluding hydrogens is 358 g/mol. The standard InChI is InChI=1S/C20H21N5O3/c1-11(2)17(18-21-14-7-5-6-8-15(14)24(18)3)25-9-12-16(22-23-19(12)26)13(10-25)20(27)28-4/h5-11,17H,1-4H3,(H,23,26)/t17-/m0/s1. The lowest BCUT2D eigenvalue weighted by Crippen LogP contribution is -2.23. The molecule has 0 aliphatic carbocycles. The Morgan fingerprint density at radius 2 is 1.96 bits per heavy atom. The fraction of sp³-hybridized carbons (Fsp3) is 0.300. The van der Waals surface area contributed by atoms with E-state index in [1.165, 1.54) is 7.11 Å². The van der Waals surface area contributed by atoms with Crippen LogP contribution in [0.4, 0.5) is 0 Å². The van der Waals surface area contributed by atoms with Crippen LogP contribution in [0, 0.1) is 5.92 Å². The Bertz CT molecular complexity index is 1200. The number of aromatic nitrogens is 5. The fourth-order valence-corrected chi connectivity index (χ4v) is 3.68. The average molecular weight is 379 g/mol. The summed E-state index contributed by atoms with van der Waals surface area (Å²) in [6.45, 7) is 4.15. The Kier molecular flexibility index (Phi) is 4.26. The lowest BCUT2D eigenvalue weighted by atomic mass is 10.0. The molecule has 1 N–H and O–H groups in total. The van der Waals surface area contributed by atoms with Gasteiger partial charge in [0.1, 0.15) is 17.1 Å². The van der Waals surface area contributed by atoms with Crippen molar-refractivity contribution in [1.82, 2.24) is 24.3 Å². The summed E-state index contributed by atoms with van der Waals surface area (Å²) in [6, 6.07) is 7.72. The molecule has 3 heterocycles. The van der Waals surface area contributed by atoms with Gasteiger partial charge in [-0.15, -0.1) is 0 Å². The Hall–Kier alpha value is -3.42. The molecule has 0 bridgehead atoms. The molecule has 0 amide bonds. The number of pyridine rings is 1. The van der Waals surface area contributed by atoms with Crippen molar-refractivity contribution >= 4 is 17.0 Å². The molecule has 0 unspecified atom stereocenters. The van der Waals surface area contributed by atoms with E-state index in [2.05, 4.69) is 24.0 Å². The lowest BCUT2D eigenvalue weighted by molar-refractivity contribution is 0.0600. The number of rotatable bonds is 4. The predicted octanol–water partition coefficient (Wildman–Crippen LogP) is 2.59. The maximum atomic E-state index is 12.3. The molecule has 8 heteroatoms. The molecule has 144 valence electrons. The van der Waals surface area contributed by atoms with Crippen LogP contribution in [0.25, 0.3) is 22.3 Å². The number of carbonyl (C=O) groups excluding carboxylic acids is 1. The molecule has 0 spiro atoms. The molecule has 28 heavy (non-hydrogen) atoms. The molecule has 4 rings (SSSR count). The fourth-order valence-electron chi connectivity index (χ4n) is 3.68. The van der Waals surface area contributed by atoms with Crippen LogP contribution >= 0.6 is 0 Å². The van der Waals surface area contributed by atoms with Gasteiger partial charge >= 0.3 is 5.97 Å². The maximum Gasteiger partial charge on any atom is 0.341 e. The van der Waals surface area contributed by atoms with Gasteiger partial charge in [-0.3, -0.25) is 4.79 Å². The zero-order valence-electron chi connectivity index (χ0n) is 16.1. The van der Waals surface area contributed by atoms with Gasteiger partial charge in [0.15, 0.2) is 0 Å². The number of H-pyrrole nitrogens is 1. The van der Waals surface area contributed by atoms with E-state index < -0.39 is 5.97 Å². The summed E-state index contributed by atoms with van der Waals surface area (Å²) in [5.74, 6) is 0.441. The first-order chi connectivity index (χ1) is 13.4. The van der Waals surface area contributed by atoms with E-state index in [1.54, 1.807) is 12.4 Å². The Morgan fingerprint density at radius 3 is 2.64 bits per heavy atom. The first-order valence-electron chi connectivity index (χ1n) is 9.02. The van der Waals surface area contributed by atoms with Gasteiger partial charge in [-0.2, -0.15) is 5.10 Å². The highest BCUT2D eigenvalue weighted by Gasteiger charge is 2.28. The molecule has 1 atom stereocenters. The maximum absolute atomic E-state index is 12.3. The number of nitrogens with one attached hydrogen (secondary N) is 1. The minimum atomic E-state index is -0.543. The number of imidazole rings is 1. The lowest BCUT2D eigenvalue weighted by Gasteiger charge is -2.25. The van der Waals surface area contributed by atoms with Crippen LogP contribution in [0.3, 0.4) is 0 Å². The smallest absolute Gasteiger partial charge is 0.341 e.